The first-order valence-electron chi connectivity index (χ1n) is 10.1. The van der Waals surface area contributed by atoms with Gasteiger partial charge < -0.3 is 9.84 Å². The summed E-state index contributed by atoms with van der Waals surface area (Å²) in [5.41, 5.74) is 2.98. The van der Waals surface area contributed by atoms with E-state index in [0.29, 0.717) is 31.1 Å². The first-order chi connectivity index (χ1) is 12.4. The largest absolute Gasteiger partial charge is 0.507 e. The number of likely N-dealkylation sites (tertiary alicyclic amines) is 1. The molecule has 0 unspecified atom stereocenters. The Kier molecular flexibility index (Phi) is 6.62. The Labute approximate surface area is 164 Å². The fourth-order valence-corrected chi connectivity index (χ4v) is 5.22. The van der Waals surface area contributed by atoms with Crippen LogP contribution in [-0.4, -0.2) is 40.2 Å². The number of benzene rings is 1. The standard InChI is InChI=1S/C23H37NO3/c1-16-12-18(3)21(26)19(13-16)8-9-20(25)27-11-10-24-22(4,5)14-17(2)15-23(24,6)7/h12-13,17,26H,8-11,14-15H2,1-7H3. The highest BCUT2D eigenvalue weighted by Gasteiger charge is 2.43. The maximum Gasteiger partial charge on any atom is 0.306 e. The summed E-state index contributed by atoms with van der Waals surface area (Å²) in [5.74, 6) is 0.799. The average Bonchev–Trinajstić information content (AvgIpc) is 2.50. The summed E-state index contributed by atoms with van der Waals surface area (Å²) in [5, 5.41) is 10.2. The van der Waals surface area contributed by atoms with Gasteiger partial charge in [-0.1, -0.05) is 24.6 Å². The molecule has 0 spiro atoms. The van der Waals surface area contributed by atoms with Crippen molar-refractivity contribution in [2.75, 3.05) is 13.2 Å². The molecule has 1 aliphatic rings. The van der Waals surface area contributed by atoms with Crippen molar-refractivity contribution in [3.05, 3.63) is 28.8 Å². The van der Waals surface area contributed by atoms with Crippen molar-refractivity contribution in [3.63, 3.8) is 0 Å². The number of rotatable bonds is 6. The Bertz CT molecular complexity index is 660. The number of ether oxygens (including phenoxy) is 1. The van der Waals surface area contributed by atoms with Crippen LogP contribution in [-0.2, 0) is 16.0 Å². The molecule has 4 nitrogen and oxygen atoms in total. The van der Waals surface area contributed by atoms with Gasteiger partial charge in [0.05, 0.1) is 0 Å². The molecule has 0 aliphatic carbocycles. The summed E-state index contributed by atoms with van der Waals surface area (Å²) in [6.45, 7) is 16.5. The fraction of sp³-hybridized carbons (Fsp3) is 0.696. The summed E-state index contributed by atoms with van der Waals surface area (Å²) < 4.78 is 5.52. The smallest absolute Gasteiger partial charge is 0.306 e. The molecule has 1 N–H and O–H groups in total. The number of carbonyl (C=O) groups excluding carboxylic acids is 1. The van der Waals surface area contributed by atoms with E-state index in [-0.39, 0.29) is 17.0 Å². The molecule has 1 aliphatic heterocycles. The SMILES string of the molecule is Cc1cc(C)c(O)c(CCC(=O)OCCN2C(C)(C)CC(C)CC2(C)C)c1. The van der Waals surface area contributed by atoms with Gasteiger partial charge in [-0.05, 0) is 77.8 Å². The van der Waals surface area contributed by atoms with E-state index in [1.54, 1.807) is 0 Å². The highest BCUT2D eigenvalue weighted by molar-refractivity contribution is 5.70. The normalized spacial score (nSPS) is 19.8. The third-order valence-corrected chi connectivity index (χ3v) is 5.86. The van der Waals surface area contributed by atoms with Crippen LogP contribution in [0.25, 0.3) is 0 Å². The summed E-state index contributed by atoms with van der Waals surface area (Å²) in [7, 11) is 0. The van der Waals surface area contributed by atoms with Crippen LogP contribution >= 0.6 is 0 Å². The van der Waals surface area contributed by atoms with E-state index in [4.69, 9.17) is 4.74 Å². The monoisotopic (exact) mass is 375 g/mol. The minimum absolute atomic E-state index is 0.110. The molecule has 1 fully saturated rings. The number of esters is 1. The highest BCUT2D eigenvalue weighted by atomic mass is 16.5. The maximum absolute atomic E-state index is 12.2. The summed E-state index contributed by atoms with van der Waals surface area (Å²) in [6.07, 6.45) is 3.12. The second-order valence-corrected chi connectivity index (χ2v) is 9.60. The van der Waals surface area contributed by atoms with Gasteiger partial charge in [0.2, 0.25) is 0 Å². The van der Waals surface area contributed by atoms with E-state index in [9.17, 15) is 9.90 Å². The molecule has 27 heavy (non-hydrogen) atoms. The van der Waals surface area contributed by atoms with E-state index < -0.39 is 0 Å². The number of carbonyl (C=O) groups is 1. The van der Waals surface area contributed by atoms with Gasteiger partial charge in [0.15, 0.2) is 0 Å². The highest BCUT2D eigenvalue weighted by Crippen LogP contribution is 2.40. The number of nitrogens with zero attached hydrogens (tertiary/aromatic N) is 1. The van der Waals surface area contributed by atoms with Crippen molar-refractivity contribution in [3.8, 4) is 5.75 Å². The second-order valence-electron chi connectivity index (χ2n) is 9.60. The lowest BCUT2D eigenvalue weighted by Gasteiger charge is -2.55. The summed E-state index contributed by atoms with van der Waals surface area (Å²) in [6, 6.07) is 3.88. The molecule has 0 aromatic heterocycles. The molecule has 2 rings (SSSR count). The zero-order chi connectivity index (χ0) is 20.4. The molecule has 1 heterocycles. The predicted octanol–water partition coefficient (Wildman–Crippen LogP) is 4.77. The molecule has 1 aromatic carbocycles. The van der Waals surface area contributed by atoms with Crippen LogP contribution in [0.3, 0.4) is 0 Å². The van der Waals surface area contributed by atoms with Crippen molar-refractivity contribution < 1.29 is 14.6 Å². The van der Waals surface area contributed by atoms with Gasteiger partial charge in [-0.25, -0.2) is 0 Å². The van der Waals surface area contributed by atoms with Crippen molar-refractivity contribution in [1.82, 2.24) is 4.90 Å². The maximum atomic E-state index is 12.2. The van der Waals surface area contributed by atoms with Crippen molar-refractivity contribution in [2.45, 2.75) is 85.2 Å². The molecule has 0 amide bonds. The van der Waals surface area contributed by atoms with E-state index in [1.807, 2.05) is 26.0 Å². The molecule has 1 aromatic rings. The molecule has 0 bridgehead atoms. The second kappa shape index (κ2) is 8.22. The molecular formula is C23H37NO3. The van der Waals surface area contributed by atoms with Gasteiger partial charge in [0, 0.05) is 24.0 Å². The van der Waals surface area contributed by atoms with Crippen molar-refractivity contribution in [2.24, 2.45) is 5.92 Å². The van der Waals surface area contributed by atoms with Gasteiger partial charge in [-0.2, -0.15) is 0 Å². The zero-order valence-electron chi connectivity index (χ0n) is 18.2. The minimum atomic E-state index is -0.199. The average molecular weight is 376 g/mol. The Morgan fingerprint density at radius 2 is 1.78 bits per heavy atom. The number of phenols is 1. The van der Waals surface area contributed by atoms with Gasteiger partial charge >= 0.3 is 5.97 Å². The number of aryl methyl sites for hydroxylation is 3. The van der Waals surface area contributed by atoms with Crippen LogP contribution in [0.2, 0.25) is 0 Å². The first kappa shape index (κ1) is 21.7. The zero-order valence-corrected chi connectivity index (χ0v) is 18.2. The van der Waals surface area contributed by atoms with Crippen molar-refractivity contribution in [1.29, 1.82) is 0 Å². The third kappa shape index (κ3) is 5.47. The van der Waals surface area contributed by atoms with Gasteiger partial charge in [-0.15, -0.1) is 0 Å². The van der Waals surface area contributed by atoms with E-state index >= 15 is 0 Å². The van der Waals surface area contributed by atoms with Crippen molar-refractivity contribution >= 4 is 5.97 Å². The first-order valence-corrected chi connectivity index (χ1v) is 10.1. The molecule has 0 saturated carbocycles. The predicted molar refractivity (Wildman–Crippen MR) is 110 cm³/mol. The number of hydrogen-bond donors (Lipinski definition) is 1. The lowest BCUT2D eigenvalue weighted by Crippen LogP contribution is -2.61. The Morgan fingerprint density at radius 3 is 2.37 bits per heavy atom. The van der Waals surface area contributed by atoms with Crippen LogP contribution in [0.15, 0.2) is 12.1 Å². The molecule has 4 heteroatoms. The topological polar surface area (TPSA) is 49.8 Å². The number of aromatic hydroxyl groups is 1. The fourth-order valence-electron chi connectivity index (χ4n) is 5.22. The quantitative estimate of drug-likeness (QED) is 0.727. The van der Waals surface area contributed by atoms with Gasteiger partial charge in [0.25, 0.3) is 0 Å². The lowest BCUT2D eigenvalue weighted by molar-refractivity contribution is -0.146. The Balaban J connectivity index is 1.86. The van der Waals surface area contributed by atoms with Crippen LogP contribution in [0.5, 0.6) is 5.75 Å². The Morgan fingerprint density at radius 1 is 1.19 bits per heavy atom. The summed E-state index contributed by atoms with van der Waals surface area (Å²) in [4.78, 5) is 14.7. The van der Waals surface area contributed by atoms with E-state index in [2.05, 4.69) is 39.5 Å². The number of phenolic OH excluding ortho intramolecular Hbond substituents is 1. The van der Waals surface area contributed by atoms with Gasteiger partial charge in [-0.3, -0.25) is 9.69 Å². The summed E-state index contributed by atoms with van der Waals surface area (Å²) >= 11 is 0. The molecule has 0 radical (unpaired) electrons. The van der Waals surface area contributed by atoms with E-state index in [1.165, 1.54) is 0 Å². The van der Waals surface area contributed by atoms with Gasteiger partial charge in [0.1, 0.15) is 12.4 Å². The van der Waals surface area contributed by atoms with Crippen LogP contribution in [0, 0.1) is 19.8 Å². The number of piperidine rings is 1. The Hall–Kier alpha value is -1.55. The molecule has 1 saturated heterocycles. The molecular weight excluding hydrogens is 338 g/mol. The third-order valence-electron chi connectivity index (χ3n) is 5.86. The van der Waals surface area contributed by atoms with Crippen LogP contribution in [0.4, 0.5) is 0 Å². The molecule has 0 atom stereocenters. The number of hydrogen-bond acceptors (Lipinski definition) is 4. The molecule has 152 valence electrons. The minimum Gasteiger partial charge on any atom is -0.507 e. The van der Waals surface area contributed by atoms with Crippen LogP contribution < -0.4 is 0 Å². The lowest BCUT2D eigenvalue weighted by atomic mass is 9.74. The van der Waals surface area contributed by atoms with Crippen LogP contribution in [0.1, 0.15) is 70.6 Å². The van der Waals surface area contributed by atoms with E-state index in [0.717, 1.165) is 36.1 Å².